The van der Waals surface area contributed by atoms with Crippen LogP contribution in [0.3, 0.4) is 0 Å². The Kier molecular flexibility index (Phi) is 9.74. The Balaban J connectivity index is 0.00000342. The normalized spacial score (nSPS) is 14.9. The van der Waals surface area contributed by atoms with Crippen LogP contribution < -0.4 is 39.0 Å². The van der Waals surface area contributed by atoms with Crippen molar-refractivity contribution >= 4 is 76.9 Å². The number of para-hydroxylation sites is 1. The molecule has 2 heterocycles. The number of aromatic nitrogens is 1. The summed E-state index contributed by atoms with van der Waals surface area (Å²) in [5, 5.41) is 2.26. The summed E-state index contributed by atoms with van der Waals surface area (Å²) in [5.41, 5.74) is 1.79. The van der Waals surface area contributed by atoms with Gasteiger partial charge in [-0.15, -0.1) is 0 Å². The second kappa shape index (κ2) is 11.8. The summed E-state index contributed by atoms with van der Waals surface area (Å²) >= 11 is 9.26. The third-order valence-corrected chi connectivity index (χ3v) is 9.19. The van der Waals surface area contributed by atoms with Crippen LogP contribution in [0.2, 0.25) is 5.02 Å². The molecule has 182 valence electrons. The summed E-state index contributed by atoms with van der Waals surface area (Å²) in [7, 11) is -8.39. The predicted octanol–water partition coefficient (Wildman–Crippen LogP) is 0.970. The summed E-state index contributed by atoms with van der Waals surface area (Å²) in [6.07, 6.45) is 2.38. The first-order chi connectivity index (χ1) is 16.0. The van der Waals surface area contributed by atoms with E-state index in [0.29, 0.717) is 18.1 Å². The van der Waals surface area contributed by atoms with Crippen molar-refractivity contribution in [2.75, 3.05) is 23.0 Å². The van der Waals surface area contributed by atoms with Gasteiger partial charge in [-0.1, -0.05) is 46.8 Å². The largest absolute Gasteiger partial charge is 1.00 e. The molecule has 0 aliphatic carbocycles. The number of anilines is 1. The zero-order valence-corrected chi connectivity index (χ0v) is 24.8. The van der Waals surface area contributed by atoms with Gasteiger partial charge in [-0.2, -0.15) is 13.0 Å². The molecular weight excluding hydrogens is 563 g/mol. The van der Waals surface area contributed by atoms with Gasteiger partial charge in [-0.25, -0.2) is 8.42 Å². The van der Waals surface area contributed by atoms with Gasteiger partial charge >= 0.3 is 29.6 Å². The molecule has 3 aromatic rings. The van der Waals surface area contributed by atoms with E-state index in [1.54, 1.807) is 17.4 Å². The van der Waals surface area contributed by atoms with Crippen LogP contribution in [0.25, 0.3) is 16.3 Å². The molecule has 0 unspecified atom stereocenters. The molecule has 8 nitrogen and oxygen atoms in total. The van der Waals surface area contributed by atoms with E-state index in [2.05, 4.69) is 0 Å². The second-order valence-electron chi connectivity index (χ2n) is 7.66. The van der Waals surface area contributed by atoms with Gasteiger partial charge in [-0.05, 0) is 30.7 Å². The smallest absolute Gasteiger partial charge is 0.748 e. The number of hydrogen-bond acceptors (Lipinski definition) is 8. The molecule has 0 bridgehead atoms. The maximum Gasteiger partial charge on any atom is 1.00 e. The topological polar surface area (TPSA) is 119 Å². The molecule has 0 radical (unpaired) electrons. The minimum Gasteiger partial charge on any atom is -0.748 e. The van der Waals surface area contributed by atoms with Crippen molar-refractivity contribution in [2.24, 2.45) is 0 Å². The molecule has 4 rings (SSSR count). The van der Waals surface area contributed by atoms with E-state index in [1.807, 2.05) is 51.9 Å². The molecular formula is C21H21ClN2NaO6S4+. The van der Waals surface area contributed by atoms with Crippen molar-refractivity contribution in [1.82, 2.24) is 0 Å². The Morgan fingerprint density at radius 2 is 1.83 bits per heavy atom. The van der Waals surface area contributed by atoms with Crippen LogP contribution in [0.4, 0.5) is 5.69 Å². The van der Waals surface area contributed by atoms with Gasteiger partial charge in [0.15, 0.2) is 6.54 Å². The average Bonchev–Trinajstić information content (AvgIpc) is 3.24. The van der Waals surface area contributed by atoms with Crippen molar-refractivity contribution in [3.05, 3.63) is 57.5 Å². The standard InChI is InChI=1S/C21H21ClN2O6S4.Na/c22-15-7-8-19-17(13-15)24(10-4-12-34(28,29)30)21(32-19)14-20-23(9-3-11-33(25,26)27)16-5-1-2-6-18(16)31-20;/h1-2,5-8,13-14H,3-4,9-12H2,(H-,25,26,27,28,29,30);/q;+1. The van der Waals surface area contributed by atoms with Gasteiger partial charge in [-0.3, -0.25) is 4.55 Å². The average molecular weight is 584 g/mol. The molecule has 0 amide bonds. The molecule has 0 saturated carbocycles. The Morgan fingerprint density at radius 3 is 2.54 bits per heavy atom. The Morgan fingerprint density at radius 1 is 1.09 bits per heavy atom. The van der Waals surface area contributed by atoms with E-state index < -0.39 is 26.0 Å². The van der Waals surface area contributed by atoms with Gasteiger partial charge in [0.2, 0.25) is 5.52 Å². The van der Waals surface area contributed by atoms with Gasteiger partial charge in [0.1, 0.15) is 4.70 Å². The van der Waals surface area contributed by atoms with Gasteiger partial charge in [0.25, 0.3) is 15.1 Å². The van der Waals surface area contributed by atoms with Crippen LogP contribution in [0.5, 0.6) is 0 Å². The number of nitrogens with zero attached hydrogens (tertiary/aromatic N) is 2. The molecule has 35 heavy (non-hydrogen) atoms. The minimum atomic E-state index is -4.32. The monoisotopic (exact) mass is 583 g/mol. The zero-order chi connectivity index (χ0) is 24.5. The first-order valence-electron chi connectivity index (χ1n) is 10.3. The number of thioether (sulfide) groups is 1. The van der Waals surface area contributed by atoms with Crippen LogP contribution in [-0.4, -0.2) is 44.0 Å². The fraction of sp³-hybridized carbons (Fsp3) is 0.286. The van der Waals surface area contributed by atoms with Crippen LogP contribution in [0.1, 0.15) is 17.8 Å². The van der Waals surface area contributed by atoms with Gasteiger partial charge in [0.05, 0.1) is 32.7 Å². The third-order valence-electron chi connectivity index (χ3n) is 5.14. The van der Waals surface area contributed by atoms with Crippen molar-refractivity contribution in [3.63, 3.8) is 0 Å². The van der Waals surface area contributed by atoms with E-state index >= 15 is 0 Å². The molecule has 0 saturated heterocycles. The van der Waals surface area contributed by atoms with Crippen molar-refractivity contribution in [1.29, 1.82) is 0 Å². The van der Waals surface area contributed by atoms with E-state index in [0.717, 1.165) is 30.8 Å². The molecule has 0 atom stereocenters. The molecule has 1 N–H and O–H groups in total. The van der Waals surface area contributed by atoms with E-state index in [4.69, 9.17) is 16.2 Å². The Labute approximate surface area is 239 Å². The van der Waals surface area contributed by atoms with Crippen molar-refractivity contribution in [2.45, 2.75) is 24.3 Å². The Bertz CT molecular complexity index is 1470. The summed E-state index contributed by atoms with van der Waals surface area (Å²) in [4.78, 5) is 2.91. The zero-order valence-electron chi connectivity index (χ0n) is 18.8. The second-order valence-corrected chi connectivity index (χ2v) is 13.3. The predicted molar refractivity (Wildman–Crippen MR) is 135 cm³/mol. The maximum atomic E-state index is 11.2. The number of thiazole rings is 1. The first-order valence-corrected chi connectivity index (χ1v) is 15.5. The number of hydrogen-bond donors (Lipinski definition) is 1. The quantitative estimate of drug-likeness (QED) is 0.225. The van der Waals surface area contributed by atoms with Crippen LogP contribution >= 0.6 is 34.7 Å². The number of fused-ring (bicyclic) bond motifs is 2. The number of halogens is 1. The minimum absolute atomic E-state index is 0. The fourth-order valence-corrected chi connectivity index (χ4v) is 7.16. The maximum absolute atomic E-state index is 11.2. The Hall–Kier alpha value is -0.670. The van der Waals surface area contributed by atoms with E-state index in [9.17, 15) is 21.4 Å². The summed E-state index contributed by atoms with van der Waals surface area (Å²) in [6.45, 7) is 0.710. The molecule has 1 aliphatic heterocycles. The summed E-state index contributed by atoms with van der Waals surface area (Å²) in [5.74, 6) is -0.801. The van der Waals surface area contributed by atoms with Crippen LogP contribution in [-0.2, 0) is 26.8 Å². The number of aryl methyl sites for hydroxylation is 1. The molecule has 0 spiro atoms. The van der Waals surface area contributed by atoms with Gasteiger partial charge < -0.3 is 9.45 Å². The van der Waals surface area contributed by atoms with Crippen molar-refractivity contribution in [3.8, 4) is 0 Å². The number of rotatable bonds is 9. The molecule has 0 fully saturated rings. The molecule has 14 heteroatoms. The van der Waals surface area contributed by atoms with Crippen molar-refractivity contribution < 1.29 is 60.1 Å². The summed E-state index contributed by atoms with van der Waals surface area (Å²) < 4.78 is 67.9. The van der Waals surface area contributed by atoms with E-state index in [1.165, 1.54) is 11.8 Å². The SMILES string of the molecule is O=S(=O)([O-])CCCN1C(=Cc2sc3ccccc3[n+]2CCCS(=O)(=O)O)Sc2ccc(Cl)cc21.[Na+]. The van der Waals surface area contributed by atoms with Crippen LogP contribution in [0, 0.1) is 0 Å². The molecule has 1 aromatic heterocycles. The molecule has 2 aromatic carbocycles. The summed E-state index contributed by atoms with van der Waals surface area (Å²) in [6, 6.07) is 13.3. The van der Waals surface area contributed by atoms with E-state index in [-0.39, 0.29) is 48.2 Å². The third kappa shape index (κ3) is 7.67. The molecule has 1 aliphatic rings. The van der Waals surface area contributed by atoms with Crippen LogP contribution in [0.15, 0.2) is 52.4 Å². The van der Waals surface area contributed by atoms with Gasteiger partial charge in [0, 0.05) is 34.7 Å². The number of benzene rings is 2. The fourth-order valence-electron chi connectivity index (χ4n) is 3.71. The first kappa shape index (κ1) is 28.9.